The van der Waals surface area contributed by atoms with Gasteiger partial charge in [0.15, 0.2) is 0 Å². The highest BCUT2D eigenvalue weighted by Crippen LogP contribution is 2.44. The fraction of sp³-hybridized carbons (Fsp3) is 0.220. The van der Waals surface area contributed by atoms with Crippen LogP contribution in [-0.2, 0) is 6.42 Å². The molecule has 0 fully saturated rings. The van der Waals surface area contributed by atoms with E-state index in [1.165, 1.54) is 55.0 Å². The van der Waals surface area contributed by atoms with Gasteiger partial charge in [0.05, 0.1) is 5.71 Å². The van der Waals surface area contributed by atoms with E-state index in [4.69, 9.17) is 4.99 Å². The maximum absolute atomic E-state index is 4.76. The van der Waals surface area contributed by atoms with E-state index in [0.717, 1.165) is 55.5 Å². The number of allylic oxidation sites excluding steroid dienone is 10. The molecule has 4 aliphatic carbocycles. The number of aromatic nitrogens is 1. The van der Waals surface area contributed by atoms with Crippen LogP contribution in [0, 0.1) is 11.8 Å². The first kappa shape index (κ1) is 26.1. The van der Waals surface area contributed by atoms with E-state index in [1.54, 1.807) is 0 Å². The van der Waals surface area contributed by atoms with E-state index >= 15 is 0 Å². The summed E-state index contributed by atoms with van der Waals surface area (Å²) >= 11 is 0. The number of benzene rings is 2. The van der Waals surface area contributed by atoms with Crippen molar-refractivity contribution in [2.45, 2.75) is 39.0 Å². The largest absolute Gasteiger partial charge is 0.284 e. The van der Waals surface area contributed by atoms with Crippen molar-refractivity contribution >= 4 is 22.9 Å². The fourth-order valence-electron chi connectivity index (χ4n) is 7.57. The molecule has 1 aromatic heterocycles. The molecule has 2 atom stereocenters. The van der Waals surface area contributed by atoms with Crippen LogP contribution in [0.2, 0.25) is 0 Å². The molecule has 2 heteroatoms. The van der Waals surface area contributed by atoms with Gasteiger partial charge in [-0.3, -0.25) is 9.98 Å². The molecule has 210 valence electrons. The van der Waals surface area contributed by atoms with Crippen LogP contribution in [0.5, 0.6) is 0 Å². The Bertz CT molecular complexity index is 1990. The molecule has 2 heterocycles. The Balaban J connectivity index is 1.21. The van der Waals surface area contributed by atoms with Crippen molar-refractivity contribution in [3.8, 4) is 11.1 Å². The van der Waals surface area contributed by atoms with E-state index in [2.05, 4.69) is 115 Å². The predicted molar refractivity (Wildman–Crippen MR) is 180 cm³/mol. The smallest absolute Gasteiger partial charge is 0.0661 e. The number of dihydropyridines is 1. The lowest BCUT2D eigenvalue weighted by Gasteiger charge is -2.36. The van der Waals surface area contributed by atoms with Crippen LogP contribution in [-0.4, -0.2) is 17.2 Å². The molecule has 2 unspecified atom stereocenters. The Hall–Kier alpha value is -4.56. The van der Waals surface area contributed by atoms with Crippen molar-refractivity contribution in [3.05, 3.63) is 153 Å². The monoisotopic (exact) mass is 556 g/mol. The Kier molecular flexibility index (Phi) is 6.63. The minimum atomic E-state index is 0.364. The third-order valence-corrected chi connectivity index (χ3v) is 9.69. The highest BCUT2D eigenvalue weighted by atomic mass is 14.7. The van der Waals surface area contributed by atoms with Gasteiger partial charge in [-0.15, -0.1) is 0 Å². The molecule has 0 amide bonds. The van der Waals surface area contributed by atoms with Gasteiger partial charge in [0.1, 0.15) is 0 Å². The Labute approximate surface area is 254 Å². The van der Waals surface area contributed by atoms with Crippen LogP contribution in [0.4, 0.5) is 0 Å². The molecule has 0 spiro atoms. The topological polar surface area (TPSA) is 25.2 Å². The Morgan fingerprint density at radius 3 is 2.26 bits per heavy atom. The maximum Gasteiger partial charge on any atom is 0.0661 e. The number of nitrogens with zero attached hydrogens (tertiary/aromatic N) is 2. The van der Waals surface area contributed by atoms with E-state index in [-0.39, 0.29) is 0 Å². The van der Waals surface area contributed by atoms with Crippen molar-refractivity contribution < 1.29 is 0 Å². The van der Waals surface area contributed by atoms with Crippen molar-refractivity contribution in [2.24, 2.45) is 16.8 Å². The molecule has 0 N–H and O–H groups in total. The first-order valence-corrected chi connectivity index (χ1v) is 15.8. The summed E-state index contributed by atoms with van der Waals surface area (Å²) in [5.74, 6) is 0.743. The zero-order valence-corrected chi connectivity index (χ0v) is 24.8. The molecule has 2 aromatic carbocycles. The van der Waals surface area contributed by atoms with Crippen LogP contribution >= 0.6 is 0 Å². The number of aliphatic imine (C=N–C) groups is 1. The second-order valence-electron chi connectivity index (χ2n) is 12.4. The van der Waals surface area contributed by atoms with E-state index in [0.29, 0.717) is 11.8 Å². The van der Waals surface area contributed by atoms with Gasteiger partial charge in [0.2, 0.25) is 0 Å². The number of aryl methyl sites for hydroxylation is 1. The van der Waals surface area contributed by atoms with Crippen molar-refractivity contribution in [1.29, 1.82) is 0 Å². The molecule has 0 bridgehead atoms. The number of hydrogen-bond donors (Lipinski definition) is 0. The number of hydrogen-bond acceptors (Lipinski definition) is 2. The summed E-state index contributed by atoms with van der Waals surface area (Å²) < 4.78 is 0. The molecule has 0 saturated carbocycles. The summed E-state index contributed by atoms with van der Waals surface area (Å²) in [5, 5.41) is 2.83. The van der Waals surface area contributed by atoms with E-state index in [9.17, 15) is 0 Å². The minimum Gasteiger partial charge on any atom is -0.284 e. The first-order chi connectivity index (χ1) is 21.2. The van der Waals surface area contributed by atoms with Crippen LogP contribution in [0.15, 0.2) is 131 Å². The number of fused-ring (bicyclic) bond motifs is 3. The van der Waals surface area contributed by atoms with Crippen molar-refractivity contribution in [1.82, 2.24) is 4.98 Å². The lowest BCUT2D eigenvalue weighted by molar-refractivity contribution is 0.673. The molecule has 2 nitrogen and oxygen atoms in total. The van der Waals surface area contributed by atoms with Crippen molar-refractivity contribution in [2.75, 3.05) is 6.54 Å². The average Bonchev–Trinajstić information content (AvgIpc) is 3.07. The van der Waals surface area contributed by atoms with Gasteiger partial charge < -0.3 is 0 Å². The van der Waals surface area contributed by atoms with Gasteiger partial charge in [-0.25, -0.2) is 0 Å². The molecule has 0 radical (unpaired) electrons. The number of pyridine rings is 1. The predicted octanol–water partition coefficient (Wildman–Crippen LogP) is 7.87. The molecular formula is C41H36N2. The van der Waals surface area contributed by atoms with Crippen molar-refractivity contribution in [3.63, 3.8) is 0 Å². The van der Waals surface area contributed by atoms with E-state index < -0.39 is 0 Å². The number of rotatable bonds is 4. The zero-order valence-electron chi connectivity index (χ0n) is 24.8. The van der Waals surface area contributed by atoms with Crippen LogP contribution in [0.3, 0.4) is 0 Å². The molecule has 3 aromatic rings. The summed E-state index contributed by atoms with van der Waals surface area (Å²) in [5.41, 5.74) is 14.7. The highest BCUT2D eigenvalue weighted by molar-refractivity contribution is 6.09. The van der Waals surface area contributed by atoms with Gasteiger partial charge in [0.25, 0.3) is 0 Å². The molecule has 1 aliphatic heterocycles. The van der Waals surface area contributed by atoms with Gasteiger partial charge in [-0.05, 0) is 101 Å². The van der Waals surface area contributed by atoms with Crippen LogP contribution < -0.4 is 10.4 Å². The van der Waals surface area contributed by atoms with Crippen LogP contribution in [0.1, 0.15) is 49.3 Å². The second kappa shape index (κ2) is 10.9. The van der Waals surface area contributed by atoms with Gasteiger partial charge >= 0.3 is 0 Å². The van der Waals surface area contributed by atoms with Gasteiger partial charge in [-0.2, -0.15) is 0 Å². The molecule has 43 heavy (non-hydrogen) atoms. The fourth-order valence-corrected chi connectivity index (χ4v) is 7.57. The lowest BCUT2D eigenvalue weighted by Crippen LogP contribution is -2.40. The first-order valence-electron chi connectivity index (χ1n) is 15.8. The molecular weight excluding hydrogens is 520 g/mol. The average molecular weight is 557 g/mol. The third-order valence-electron chi connectivity index (χ3n) is 9.69. The second-order valence-corrected chi connectivity index (χ2v) is 12.4. The van der Waals surface area contributed by atoms with Crippen LogP contribution in [0.25, 0.3) is 28.3 Å². The maximum atomic E-state index is 4.76. The summed E-state index contributed by atoms with van der Waals surface area (Å²) in [6.45, 7) is 3.05. The summed E-state index contributed by atoms with van der Waals surface area (Å²) in [6.07, 6.45) is 30.3. The van der Waals surface area contributed by atoms with Gasteiger partial charge in [-0.1, -0.05) is 96.6 Å². The molecule has 5 aliphatic rings. The minimum absolute atomic E-state index is 0.364. The lowest BCUT2D eigenvalue weighted by atomic mass is 9.68. The highest BCUT2D eigenvalue weighted by Gasteiger charge is 2.33. The SMILES string of the molecule is CC1=CC(c2cncc(-c3ccc4c(c3)CCC(C3=c5ccccc5=C(C5=CC=CCC5)C5C=CC=CC35)=C4)c2)=NCC1. The summed E-state index contributed by atoms with van der Waals surface area (Å²) in [6, 6.07) is 18.4. The molecule has 0 saturated heterocycles. The molecule has 8 rings (SSSR count). The van der Waals surface area contributed by atoms with Gasteiger partial charge in [0, 0.05) is 41.9 Å². The summed E-state index contributed by atoms with van der Waals surface area (Å²) in [4.78, 5) is 9.36. The third kappa shape index (κ3) is 4.76. The summed E-state index contributed by atoms with van der Waals surface area (Å²) in [7, 11) is 0. The Morgan fingerprint density at radius 2 is 1.49 bits per heavy atom. The Morgan fingerprint density at radius 1 is 0.698 bits per heavy atom. The van der Waals surface area contributed by atoms with E-state index in [1.807, 2.05) is 12.4 Å². The normalized spacial score (nSPS) is 22.2. The quantitative estimate of drug-likeness (QED) is 0.321. The standard InChI is InChI=1S/C41H36N2/c1-27-19-20-43-39(21-27)34-24-33(25-42-26-34)31-16-15-30-23-32(18-17-29(30)22-31)41-37-13-7-5-11-35(37)40(28-9-3-2-4-10-28)36-12-6-8-14-38(36)41/h2-3,5-9,11-16,21-26,35,37H,4,10,17-20H2,1H3. The zero-order chi connectivity index (χ0) is 28.8.